The number of benzene rings is 1. The van der Waals surface area contributed by atoms with Gasteiger partial charge in [0.05, 0.1) is 6.61 Å². The number of rotatable bonds is 2. The van der Waals surface area contributed by atoms with Crippen LogP contribution < -0.4 is 16.6 Å². The van der Waals surface area contributed by atoms with E-state index in [9.17, 15) is 0 Å². The van der Waals surface area contributed by atoms with E-state index < -0.39 is 0 Å². The van der Waals surface area contributed by atoms with Crippen molar-refractivity contribution in [1.82, 2.24) is 5.43 Å². The third-order valence-electron chi connectivity index (χ3n) is 1.53. The lowest BCUT2D eigenvalue weighted by molar-refractivity contribution is 0.282. The molecule has 4 nitrogen and oxygen atoms in total. The van der Waals surface area contributed by atoms with Crippen LogP contribution in [-0.2, 0) is 6.61 Å². The van der Waals surface area contributed by atoms with E-state index in [4.69, 9.17) is 23.2 Å². The molecule has 1 rings (SSSR count). The molecule has 0 amide bonds. The van der Waals surface area contributed by atoms with Crippen LogP contribution in [0.2, 0.25) is 0 Å². The van der Waals surface area contributed by atoms with Crippen LogP contribution in [0.1, 0.15) is 5.56 Å². The quantitative estimate of drug-likeness (QED) is 0.313. The molecule has 5 heteroatoms. The van der Waals surface area contributed by atoms with Gasteiger partial charge < -0.3 is 15.8 Å². The molecule has 0 aliphatic heterocycles. The van der Waals surface area contributed by atoms with Gasteiger partial charge in [0.25, 0.3) is 0 Å². The van der Waals surface area contributed by atoms with E-state index in [-0.39, 0.29) is 6.61 Å². The van der Waals surface area contributed by atoms with Crippen LogP contribution in [0, 0.1) is 0 Å². The monoisotopic (exact) mass is 197 g/mol. The summed E-state index contributed by atoms with van der Waals surface area (Å²) in [5, 5.41) is 12.0. The van der Waals surface area contributed by atoms with Gasteiger partial charge in [0.1, 0.15) is 0 Å². The summed E-state index contributed by atoms with van der Waals surface area (Å²) in [4.78, 5) is 0. The van der Waals surface area contributed by atoms with Gasteiger partial charge in [-0.25, -0.2) is 5.84 Å². The SMILES string of the molecule is NNC(=S)Nc1ccc(CO)cc1. The van der Waals surface area contributed by atoms with Gasteiger partial charge in [0.2, 0.25) is 0 Å². The first-order chi connectivity index (χ1) is 6.26. The molecule has 5 N–H and O–H groups in total. The first kappa shape index (κ1) is 9.91. The minimum atomic E-state index is 0.0415. The van der Waals surface area contributed by atoms with Crippen molar-refractivity contribution in [3.05, 3.63) is 29.8 Å². The summed E-state index contributed by atoms with van der Waals surface area (Å²) in [7, 11) is 0. The number of nitrogens with one attached hydrogen (secondary N) is 2. The smallest absolute Gasteiger partial charge is 0.185 e. The molecular weight excluding hydrogens is 186 g/mol. The van der Waals surface area contributed by atoms with Crippen LogP contribution in [0.25, 0.3) is 0 Å². The van der Waals surface area contributed by atoms with E-state index in [0.717, 1.165) is 11.3 Å². The van der Waals surface area contributed by atoms with Crippen molar-refractivity contribution in [3.8, 4) is 0 Å². The number of aliphatic hydroxyl groups excluding tert-OH is 1. The number of hydrogen-bond donors (Lipinski definition) is 4. The number of aliphatic hydroxyl groups is 1. The van der Waals surface area contributed by atoms with Gasteiger partial charge >= 0.3 is 0 Å². The van der Waals surface area contributed by atoms with Crippen LogP contribution in [0.3, 0.4) is 0 Å². The van der Waals surface area contributed by atoms with Crippen LogP contribution in [0.5, 0.6) is 0 Å². The Kier molecular flexibility index (Phi) is 3.63. The van der Waals surface area contributed by atoms with E-state index in [2.05, 4.69) is 10.7 Å². The molecule has 1 aromatic rings. The van der Waals surface area contributed by atoms with E-state index in [1.807, 2.05) is 24.3 Å². The maximum absolute atomic E-state index is 8.78. The Hall–Kier alpha value is -1.17. The van der Waals surface area contributed by atoms with Crippen molar-refractivity contribution in [1.29, 1.82) is 0 Å². The zero-order valence-corrected chi connectivity index (χ0v) is 7.77. The van der Waals surface area contributed by atoms with Crippen molar-refractivity contribution in [2.24, 2.45) is 5.84 Å². The topological polar surface area (TPSA) is 70.3 Å². The maximum atomic E-state index is 8.78. The molecule has 0 unspecified atom stereocenters. The minimum absolute atomic E-state index is 0.0415. The Labute approximate surface area is 81.7 Å². The normalized spacial score (nSPS) is 9.38. The summed E-state index contributed by atoms with van der Waals surface area (Å²) in [5.41, 5.74) is 4.00. The molecule has 13 heavy (non-hydrogen) atoms. The highest BCUT2D eigenvalue weighted by atomic mass is 32.1. The fourth-order valence-corrected chi connectivity index (χ4v) is 0.979. The van der Waals surface area contributed by atoms with E-state index in [1.54, 1.807) is 0 Å². The molecule has 0 bridgehead atoms. The van der Waals surface area contributed by atoms with Crippen LogP contribution in [0.15, 0.2) is 24.3 Å². The van der Waals surface area contributed by atoms with E-state index in [1.165, 1.54) is 0 Å². The lowest BCUT2D eigenvalue weighted by atomic mass is 10.2. The minimum Gasteiger partial charge on any atom is -0.392 e. The molecule has 0 atom stereocenters. The first-order valence-electron chi connectivity index (χ1n) is 3.73. The summed E-state index contributed by atoms with van der Waals surface area (Å²) < 4.78 is 0. The molecule has 0 saturated heterocycles. The number of hydrogen-bond acceptors (Lipinski definition) is 3. The Morgan fingerprint density at radius 3 is 2.46 bits per heavy atom. The highest BCUT2D eigenvalue weighted by Crippen LogP contribution is 2.08. The van der Waals surface area contributed by atoms with E-state index >= 15 is 0 Å². The molecule has 0 aliphatic rings. The Morgan fingerprint density at radius 2 is 2.00 bits per heavy atom. The molecule has 0 aromatic heterocycles. The zero-order chi connectivity index (χ0) is 9.68. The van der Waals surface area contributed by atoms with Crippen molar-refractivity contribution in [2.75, 3.05) is 5.32 Å². The molecule has 0 saturated carbocycles. The van der Waals surface area contributed by atoms with Crippen LogP contribution in [0.4, 0.5) is 5.69 Å². The summed E-state index contributed by atoms with van der Waals surface area (Å²) >= 11 is 4.80. The fraction of sp³-hybridized carbons (Fsp3) is 0.125. The Bertz CT molecular complexity index is 286. The summed E-state index contributed by atoms with van der Waals surface area (Å²) in [5.74, 6) is 5.08. The molecular formula is C8H11N3OS. The average Bonchev–Trinajstić information content (AvgIpc) is 2.19. The second-order valence-electron chi connectivity index (χ2n) is 2.45. The van der Waals surface area contributed by atoms with Crippen LogP contribution >= 0.6 is 12.2 Å². The van der Waals surface area contributed by atoms with Gasteiger partial charge in [-0.1, -0.05) is 12.1 Å². The van der Waals surface area contributed by atoms with Gasteiger partial charge in [0, 0.05) is 5.69 Å². The molecule has 0 heterocycles. The van der Waals surface area contributed by atoms with Gasteiger partial charge in [-0.05, 0) is 29.9 Å². The summed E-state index contributed by atoms with van der Waals surface area (Å²) in [6.45, 7) is 0.0415. The predicted molar refractivity (Wildman–Crippen MR) is 55.9 cm³/mol. The molecule has 70 valence electrons. The van der Waals surface area contributed by atoms with Crippen molar-refractivity contribution < 1.29 is 5.11 Å². The molecule has 0 radical (unpaired) electrons. The number of nitrogens with two attached hydrogens (primary N) is 1. The number of anilines is 1. The molecule has 0 fully saturated rings. The van der Waals surface area contributed by atoms with Gasteiger partial charge in [0.15, 0.2) is 5.11 Å². The molecule has 0 spiro atoms. The van der Waals surface area contributed by atoms with Crippen molar-refractivity contribution in [3.63, 3.8) is 0 Å². The van der Waals surface area contributed by atoms with Crippen molar-refractivity contribution in [2.45, 2.75) is 6.61 Å². The van der Waals surface area contributed by atoms with Gasteiger partial charge in [-0.3, -0.25) is 0 Å². The lowest BCUT2D eigenvalue weighted by Gasteiger charge is -2.06. The average molecular weight is 197 g/mol. The zero-order valence-electron chi connectivity index (χ0n) is 6.95. The van der Waals surface area contributed by atoms with Gasteiger partial charge in [-0.15, -0.1) is 0 Å². The second-order valence-corrected chi connectivity index (χ2v) is 2.86. The summed E-state index contributed by atoms with van der Waals surface area (Å²) in [6, 6.07) is 7.24. The van der Waals surface area contributed by atoms with Crippen LogP contribution in [-0.4, -0.2) is 10.2 Å². The Balaban J connectivity index is 2.64. The van der Waals surface area contributed by atoms with Crippen molar-refractivity contribution >= 4 is 23.0 Å². The predicted octanol–water partition coefficient (Wildman–Crippen LogP) is 0.339. The standard InChI is InChI=1S/C8H11N3OS/c9-11-8(13)10-7-3-1-6(5-12)2-4-7/h1-4,12H,5,9H2,(H2,10,11,13). The number of thiocarbonyl (C=S) groups is 1. The fourth-order valence-electron chi connectivity index (χ4n) is 0.861. The van der Waals surface area contributed by atoms with E-state index in [0.29, 0.717) is 5.11 Å². The lowest BCUT2D eigenvalue weighted by Crippen LogP contribution is -2.34. The third-order valence-corrected chi connectivity index (χ3v) is 1.75. The maximum Gasteiger partial charge on any atom is 0.185 e. The third kappa shape index (κ3) is 2.98. The number of hydrazine groups is 1. The Morgan fingerprint density at radius 1 is 1.38 bits per heavy atom. The molecule has 1 aromatic carbocycles. The first-order valence-corrected chi connectivity index (χ1v) is 4.14. The second kappa shape index (κ2) is 4.76. The molecule has 0 aliphatic carbocycles. The highest BCUT2D eigenvalue weighted by Gasteiger charge is 1.94. The summed E-state index contributed by atoms with van der Waals surface area (Å²) in [6.07, 6.45) is 0. The van der Waals surface area contributed by atoms with Gasteiger partial charge in [-0.2, -0.15) is 0 Å². The largest absolute Gasteiger partial charge is 0.392 e. The highest BCUT2D eigenvalue weighted by molar-refractivity contribution is 7.80.